The van der Waals surface area contributed by atoms with E-state index in [1.165, 1.54) is 9.70 Å². The van der Waals surface area contributed by atoms with Crippen LogP contribution in [0.25, 0.3) is 5.69 Å². The number of hydrogen-bond donors (Lipinski definition) is 0. The molecule has 2 aromatic carbocycles. The zero-order chi connectivity index (χ0) is 22.3. The summed E-state index contributed by atoms with van der Waals surface area (Å²) in [4.78, 5) is 35.1. The largest absolute Gasteiger partial charge is 0.389 e. The first-order chi connectivity index (χ1) is 16.1. The van der Waals surface area contributed by atoms with Crippen molar-refractivity contribution in [1.82, 2.24) is 15.0 Å². The fourth-order valence-corrected chi connectivity index (χ4v) is 5.61. The third-order valence-electron chi connectivity index (χ3n) is 6.87. The van der Waals surface area contributed by atoms with Crippen molar-refractivity contribution in [2.75, 3.05) is 4.90 Å². The van der Waals surface area contributed by atoms with Crippen molar-refractivity contribution < 1.29 is 19.2 Å². The number of ether oxygens (including phenoxy) is 1. The van der Waals surface area contributed by atoms with E-state index >= 15 is 0 Å². The van der Waals surface area contributed by atoms with Gasteiger partial charge in [-0.15, -0.1) is 5.10 Å². The number of carbonyl (C=O) groups is 2. The molecule has 0 N–H and O–H groups in total. The van der Waals surface area contributed by atoms with Gasteiger partial charge in [0.2, 0.25) is 11.8 Å². The van der Waals surface area contributed by atoms with Crippen LogP contribution >= 0.6 is 11.6 Å². The molecule has 164 valence electrons. The molecule has 3 aromatic rings. The van der Waals surface area contributed by atoms with Gasteiger partial charge in [0.1, 0.15) is 17.5 Å². The standard InChI is InChI=1S/C23H16ClN5O4/c24-11-6-8-12(9-7-11)28-22(30)15-16(23(28)31)20-21-17(19(15)32-20)18(27-33-21)14-10-25-29(26-14)13-4-2-1-3-5-13/h1-10,15-17,19-21H. The summed E-state index contributed by atoms with van der Waals surface area (Å²) >= 11 is 5.97. The maximum atomic E-state index is 13.4. The molecule has 5 heterocycles. The summed E-state index contributed by atoms with van der Waals surface area (Å²) in [5, 5.41) is 13.7. The van der Waals surface area contributed by atoms with Crippen molar-refractivity contribution in [3.8, 4) is 5.69 Å². The quantitative estimate of drug-likeness (QED) is 0.555. The van der Waals surface area contributed by atoms with Gasteiger partial charge in [0.15, 0.2) is 6.10 Å². The molecular formula is C23H16ClN5O4. The van der Waals surface area contributed by atoms with Crippen LogP contribution in [0.15, 0.2) is 65.9 Å². The van der Waals surface area contributed by atoms with Crippen LogP contribution < -0.4 is 4.90 Å². The molecule has 33 heavy (non-hydrogen) atoms. The first-order valence-electron chi connectivity index (χ1n) is 10.6. The van der Waals surface area contributed by atoms with Gasteiger partial charge in [-0.25, -0.2) is 4.90 Å². The highest BCUT2D eigenvalue weighted by Crippen LogP contribution is 2.55. The molecule has 10 heteroatoms. The Bertz CT molecular complexity index is 1320. The number of hydrogen-bond acceptors (Lipinski definition) is 7. The summed E-state index contributed by atoms with van der Waals surface area (Å²) in [6, 6.07) is 16.2. The second-order valence-electron chi connectivity index (χ2n) is 8.53. The first-order valence-corrected chi connectivity index (χ1v) is 11.0. The van der Waals surface area contributed by atoms with Crippen molar-refractivity contribution in [2.45, 2.75) is 18.3 Å². The minimum atomic E-state index is -0.589. The smallest absolute Gasteiger partial charge is 0.240 e. The third kappa shape index (κ3) is 2.54. The minimum absolute atomic E-state index is 0.266. The number of oxime groups is 1. The monoisotopic (exact) mass is 461 g/mol. The van der Waals surface area contributed by atoms with Gasteiger partial charge in [0, 0.05) is 5.02 Å². The Hall–Kier alpha value is -3.56. The van der Waals surface area contributed by atoms with Gasteiger partial charge in [-0.05, 0) is 36.4 Å². The highest BCUT2D eigenvalue weighted by atomic mass is 35.5. The lowest BCUT2D eigenvalue weighted by molar-refractivity contribution is -0.125. The van der Waals surface area contributed by atoms with Gasteiger partial charge in [0.05, 0.1) is 41.4 Å². The Balaban J connectivity index is 1.20. The molecule has 0 aliphatic carbocycles. The molecule has 1 aromatic heterocycles. The van der Waals surface area contributed by atoms with Crippen molar-refractivity contribution in [3.05, 3.63) is 71.5 Å². The average Bonchev–Trinajstić information content (AvgIpc) is 3.63. The highest BCUT2D eigenvalue weighted by molar-refractivity contribution is 6.31. The van der Waals surface area contributed by atoms with Gasteiger partial charge in [-0.1, -0.05) is 35.0 Å². The number of para-hydroxylation sites is 1. The van der Waals surface area contributed by atoms with Crippen LogP contribution in [0.1, 0.15) is 5.69 Å². The van der Waals surface area contributed by atoms with Crippen LogP contribution in [0.2, 0.25) is 5.02 Å². The molecule has 7 rings (SSSR count). The molecule has 0 spiro atoms. The molecule has 4 aliphatic heterocycles. The maximum absolute atomic E-state index is 13.4. The van der Waals surface area contributed by atoms with E-state index in [-0.39, 0.29) is 17.7 Å². The summed E-state index contributed by atoms with van der Waals surface area (Å²) in [6.07, 6.45) is 0.143. The van der Waals surface area contributed by atoms with E-state index in [4.69, 9.17) is 21.2 Å². The molecular weight excluding hydrogens is 446 g/mol. The second kappa shape index (κ2) is 6.72. The molecule has 6 unspecified atom stereocenters. The first kappa shape index (κ1) is 19.0. The number of halogens is 1. The molecule has 2 amide bonds. The fourth-order valence-electron chi connectivity index (χ4n) is 5.48. The number of rotatable bonds is 3. The van der Waals surface area contributed by atoms with Crippen LogP contribution in [0.4, 0.5) is 5.69 Å². The lowest BCUT2D eigenvalue weighted by atomic mass is 9.72. The van der Waals surface area contributed by atoms with E-state index in [9.17, 15) is 9.59 Å². The number of anilines is 1. The molecule has 0 saturated carbocycles. The minimum Gasteiger partial charge on any atom is -0.389 e. The number of carbonyl (C=O) groups excluding carboxylic acids is 2. The SMILES string of the molecule is O=C1C2C3OC(C4C(c5cnn(-c6ccccc6)n5)=NOC34)C2C(=O)N1c1ccc(Cl)cc1. The predicted octanol–water partition coefficient (Wildman–Crippen LogP) is 2.23. The second-order valence-corrected chi connectivity index (χ2v) is 8.97. The lowest BCUT2D eigenvalue weighted by Crippen LogP contribution is -2.45. The van der Waals surface area contributed by atoms with Gasteiger partial charge in [0.25, 0.3) is 0 Å². The van der Waals surface area contributed by atoms with Gasteiger partial charge in [-0.2, -0.15) is 9.90 Å². The molecule has 0 radical (unpaired) electrons. The zero-order valence-corrected chi connectivity index (χ0v) is 17.7. The maximum Gasteiger partial charge on any atom is 0.240 e. The number of aromatic nitrogens is 3. The van der Waals surface area contributed by atoms with Crippen LogP contribution in [-0.4, -0.2) is 50.8 Å². The summed E-state index contributed by atoms with van der Waals surface area (Å²) < 4.78 is 6.14. The zero-order valence-electron chi connectivity index (χ0n) is 17.0. The van der Waals surface area contributed by atoms with Gasteiger partial charge in [-0.3, -0.25) is 9.59 Å². The van der Waals surface area contributed by atoms with E-state index in [1.807, 2.05) is 30.3 Å². The number of imide groups is 1. The van der Waals surface area contributed by atoms with E-state index in [0.29, 0.717) is 22.1 Å². The molecule has 9 nitrogen and oxygen atoms in total. The van der Waals surface area contributed by atoms with Crippen LogP contribution in [-0.2, 0) is 19.2 Å². The lowest BCUT2D eigenvalue weighted by Gasteiger charge is -2.25. The van der Waals surface area contributed by atoms with E-state index in [1.54, 1.807) is 30.5 Å². The van der Waals surface area contributed by atoms with Gasteiger partial charge >= 0.3 is 0 Å². The summed E-state index contributed by atoms with van der Waals surface area (Å²) in [6.45, 7) is 0. The van der Waals surface area contributed by atoms with E-state index in [2.05, 4.69) is 15.4 Å². The molecule has 3 fully saturated rings. The Morgan fingerprint density at radius 1 is 0.818 bits per heavy atom. The molecule has 2 bridgehead atoms. The number of benzene rings is 2. The normalized spacial score (nSPS) is 31.5. The Labute approximate surface area is 192 Å². The van der Waals surface area contributed by atoms with Crippen LogP contribution in [0.3, 0.4) is 0 Å². The van der Waals surface area contributed by atoms with Crippen LogP contribution in [0, 0.1) is 17.8 Å². The molecule has 6 atom stereocenters. The Morgan fingerprint density at radius 2 is 1.55 bits per heavy atom. The molecule has 3 saturated heterocycles. The third-order valence-corrected chi connectivity index (χ3v) is 7.12. The number of nitrogens with zero attached hydrogens (tertiary/aromatic N) is 5. The molecule has 4 aliphatic rings. The predicted molar refractivity (Wildman–Crippen MR) is 116 cm³/mol. The summed E-state index contributed by atoms with van der Waals surface area (Å²) in [5.41, 5.74) is 2.48. The van der Waals surface area contributed by atoms with E-state index in [0.717, 1.165) is 5.69 Å². The van der Waals surface area contributed by atoms with Crippen molar-refractivity contribution >= 4 is 34.8 Å². The van der Waals surface area contributed by atoms with Gasteiger partial charge < -0.3 is 9.57 Å². The van der Waals surface area contributed by atoms with E-state index < -0.39 is 30.1 Å². The summed E-state index contributed by atoms with van der Waals surface area (Å²) in [7, 11) is 0. The van der Waals surface area contributed by atoms with Crippen molar-refractivity contribution in [1.29, 1.82) is 0 Å². The van der Waals surface area contributed by atoms with Crippen molar-refractivity contribution in [2.24, 2.45) is 22.9 Å². The fraction of sp³-hybridized carbons (Fsp3) is 0.261. The Morgan fingerprint density at radius 3 is 2.30 bits per heavy atom. The number of fused-ring (bicyclic) bond motifs is 8. The highest BCUT2D eigenvalue weighted by Gasteiger charge is 2.72. The number of amides is 2. The summed E-state index contributed by atoms with van der Waals surface area (Å²) in [5.74, 6) is -2.01. The average molecular weight is 462 g/mol. The topological polar surface area (TPSA) is 98.9 Å². The Kier molecular flexibility index (Phi) is 3.86. The van der Waals surface area contributed by atoms with Crippen molar-refractivity contribution in [3.63, 3.8) is 0 Å². The van der Waals surface area contributed by atoms with Crippen LogP contribution in [0.5, 0.6) is 0 Å².